The van der Waals surface area contributed by atoms with E-state index in [-0.39, 0.29) is 13.2 Å². The maximum absolute atomic E-state index is 8.34. The number of rotatable bonds is 3. The van der Waals surface area contributed by atoms with Gasteiger partial charge in [-0.1, -0.05) is 23.7 Å². The minimum absolute atomic E-state index is 0.140. The molecule has 2 N–H and O–H groups in total. The third-order valence-electron chi connectivity index (χ3n) is 1.49. The molecular weight excluding hydrogens is 200 g/mol. The summed E-state index contributed by atoms with van der Waals surface area (Å²) in [6, 6.07) is 0. The fourth-order valence-electron chi connectivity index (χ4n) is 0.808. The summed E-state index contributed by atoms with van der Waals surface area (Å²) in [6.07, 6.45) is 3.56. The summed E-state index contributed by atoms with van der Waals surface area (Å²) in [5.74, 6) is 21.0. The predicted molar refractivity (Wildman–Crippen MR) is 63.7 cm³/mol. The van der Waals surface area contributed by atoms with Gasteiger partial charge in [-0.2, -0.15) is 0 Å². The van der Waals surface area contributed by atoms with Gasteiger partial charge in [0.2, 0.25) is 0 Å². The smallest absolute Gasteiger partial charge is 0.105 e. The van der Waals surface area contributed by atoms with Crippen molar-refractivity contribution < 1.29 is 10.2 Å². The van der Waals surface area contributed by atoms with Gasteiger partial charge in [-0.3, -0.25) is 0 Å². The summed E-state index contributed by atoms with van der Waals surface area (Å²) in [5, 5.41) is 16.7. The largest absolute Gasteiger partial charge is 0.384 e. The first-order valence-corrected chi connectivity index (χ1v) is 5.05. The van der Waals surface area contributed by atoms with E-state index in [0.29, 0.717) is 0 Å². The van der Waals surface area contributed by atoms with E-state index < -0.39 is 0 Å². The molecule has 0 aromatic heterocycles. The van der Waals surface area contributed by atoms with Crippen LogP contribution in [-0.2, 0) is 0 Å². The van der Waals surface area contributed by atoms with Gasteiger partial charge in [0.05, 0.1) is 0 Å². The lowest BCUT2D eigenvalue weighted by Gasteiger charge is -1.87. The SMILES string of the molecule is OCC#CC#CCCCCC#CC#CCO. The summed E-state index contributed by atoms with van der Waals surface area (Å²) in [6.45, 7) is -0.279. The lowest BCUT2D eigenvalue weighted by Crippen LogP contribution is -1.73. The zero-order valence-electron chi connectivity index (χ0n) is 9.14. The number of hydrogen-bond donors (Lipinski definition) is 2. The molecule has 0 radical (unpaired) electrons. The van der Waals surface area contributed by atoms with Crippen molar-refractivity contribution in [2.45, 2.75) is 25.7 Å². The average molecular weight is 214 g/mol. The molecule has 0 aliphatic heterocycles. The quantitative estimate of drug-likeness (QED) is 0.532. The predicted octanol–water partition coefficient (Wildman–Crippen LogP) is 0.545. The summed E-state index contributed by atoms with van der Waals surface area (Å²) in [5.41, 5.74) is 0. The molecule has 0 fully saturated rings. The maximum atomic E-state index is 8.34. The lowest BCUT2D eigenvalue weighted by atomic mass is 10.2. The number of unbranched alkanes of at least 4 members (excludes halogenated alkanes) is 3. The molecule has 0 aliphatic rings. The molecule has 0 aromatic carbocycles. The molecule has 0 aliphatic carbocycles. The first kappa shape index (κ1) is 14.2. The van der Waals surface area contributed by atoms with Crippen LogP contribution in [0.2, 0.25) is 0 Å². The summed E-state index contributed by atoms with van der Waals surface area (Å²) < 4.78 is 0. The summed E-state index contributed by atoms with van der Waals surface area (Å²) in [4.78, 5) is 0. The molecule has 0 bridgehead atoms. The molecule has 0 spiro atoms. The molecule has 0 amide bonds. The van der Waals surface area contributed by atoms with Crippen LogP contribution < -0.4 is 0 Å². The monoisotopic (exact) mass is 214 g/mol. The third-order valence-corrected chi connectivity index (χ3v) is 1.49. The Labute approximate surface area is 97.1 Å². The highest BCUT2D eigenvalue weighted by atomic mass is 16.3. The van der Waals surface area contributed by atoms with Crippen LogP contribution in [0.1, 0.15) is 25.7 Å². The van der Waals surface area contributed by atoms with Gasteiger partial charge in [0, 0.05) is 12.8 Å². The van der Waals surface area contributed by atoms with Crippen LogP contribution in [0.4, 0.5) is 0 Å². The molecular formula is C14H14O2. The van der Waals surface area contributed by atoms with Crippen molar-refractivity contribution in [3.8, 4) is 47.4 Å². The van der Waals surface area contributed by atoms with E-state index in [9.17, 15) is 0 Å². The van der Waals surface area contributed by atoms with Gasteiger partial charge in [-0.25, -0.2) is 0 Å². The van der Waals surface area contributed by atoms with Crippen molar-refractivity contribution in [3.05, 3.63) is 0 Å². The van der Waals surface area contributed by atoms with Gasteiger partial charge in [0.25, 0.3) is 0 Å². The minimum Gasteiger partial charge on any atom is -0.384 e. The molecule has 0 aromatic rings. The zero-order chi connectivity index (χ0) is 11.9. The number of hydrogen-bond acceptors (Lipinski definition) is 2. The van der Waals surface area contributed by atoms with Crippen LogP contribution in [0, 0.1) is 47.4 Å². The van der Waals surface area contributed by atoms with E-state index in [0.717, 1.165) is 25.7 Å². The first-order chi connectivity index (χ1) is 7.91. The standard InChI is InChI=1S/C14H14O2/c15-13-11-9-7-5-3-1-2-4-6-8-10-12-14-16/h15-16H,1-4,13-14H2. The van der Waals surface area contributed by atoms with Gasteiger partial charge in [0.15, 0.2) is 0 Å². The summed E-state index contributed by atoms with van der Waals surface area (Å²) in [7, 11) is 0. The van der Waals surface area contributed by atoms with Crippen molar-refractivity contribution >= 4 is 0 Å². The Kier molecular flexibility index (Phi) is 11.6. The van der Waals surface area contributed by atoms with Gasteiger partial charge >= 0.3 is 0 Å². The van der Waals surface area contributed by atoms with Gasteiger partial charge < -0.3 is 10.2 Å². The fourth-order valence-corrected chi connectivity index (χ4v) is 0.808. The van der Waals surface area contributed by atoms with Crippen LogP contribution in [0.15, 0.2) is 0 Å². The first-order valence-electron chi connectivity index (χ1n) is 5.05. The Morgan fingerprint density at radius 3 is 1.31 bits per heavy atom. The maximum Gasteiger partial charge on any atom is 0.105 e. The molecule has 82 valence electrons. The van der Waals surface area contributed by atoms with E-state index >= 15 is 0 Å². The fraction of sp³-hybridized carbons (Fsp3) is 0.429. The van der Waals surface area contributed by atoms with E-state index in [1.165, 1.54) is 0 Å². The van der Waals surface area contributed by atoms with Crippen molar-refractivity contribution in [1.29, 1.82) is 0 Å². The average Bonchev–Trinajstić information content (AvgIpc) is 2.31. The van der Waals surface area contributed by atoms with E-state index in [1.807, 2.05) is 0 Å². The molecule has 0 atom stereocenters. The Balaban J connectivity index is 3.45. The van der Waals surface area contributed by atoms with Crippen LogP contribution in [0.5, 0.6) is 0 Å². The van der Waals surface area contributed by atoms with E-state index in [1.54, 1.807) is 0 Å². The molecule has 0 saturated carbocycles. The highest BCUT2D eigenvalue weighted by molar-refractivity contribution is 5.26. The molecule has 0 heterocycles. The lowest BCUT2D eigenvalue weighted by molar-refractivity contribution is 0.350. The van der Waals surface area contributed by atoms with Gasteiger partial charge in [-0.05, 0) is 36.5 Å². The van der Waals surface area contributed by atoms with Gasteiger partial charge in [0.1, 0.15) is 13.2 Å². The third kappa shape index (κ3) is 12.2. The topological polar surface area (TPSA) is 40.5 Å². The second-order valence-corrected chi connectivity index (χ2v) is 2.73. The second kappa shape index (κ2) is 13.2. The van der Waals surface area contributed by atoms with Gasteiger partial charge in [-0.15, -0.1) is 0 Å². The Morgan fingerprint density at radius 2 is 0.938 bits per heavy atom. The Morgan fingerprint density at radius 1 is 0.562 bits per heavy atom. The van der Waals surface area contributed by atoms with Crippen molar-refractivity contribution in [2.24, 2.45) is 0 Å². The summed E-state index contributed by atoms with van der Waals surface area (Å²) >= 11 is 0. The van der Waals surface area contributed by atoms with E-state index in [2.05, 4.69) is 47.4 Å². The highest BCUT2D eigenvalue weighted by Gasteiger charge is 1.81. The van der Waals surface area contributed by atoms with E-state index in [4.69, 9.17) is 10.2 Å². The number of aliphatic hydroxyl groups excluding tert-OH is 2. The Hall–Kier alpha value is -1.84. The van der Waals surface area contributed by atoms with Crippen LogP contribution >= 0.6 is 0 Å². The second-order valence-electron chi connectivity index (χ2n) is 2.73. The zero-order valence-corrected chi connectivity index (χ0v) is 9.14. The molecule has 16 heavy (non-hydrogen) atoms. The van der Waals surface area contributed by atoms with Crippen molar-refractivity contribution in [2.75, 3.05) is 13.2 Å². The molecule has 0 saturated heterocycles. The molecule has 2 nitrogen and oxygen atoms in total. The van der Waals surface area contributed by atoms with Crippen LogP contribution in [0.25, 0.3) is 0 Å². The normalized spacial score (nSPS) is 6.88. The van der Waals surface area contributed by atoms with Crippen molar-refractivity contribution in [3.63, 3.8) is 0 Å². The van der Waals surface area contributed by atoms with Crippen molar-refractivity contribution in [1.82, 2.24) is 0 Å². The Bertz CT molecular complexity index is 363. The molecule has 0 unspecified atom stereocenters. The van der Waals surface area contributed by atoms with Crippen LogP contribution in [-0.4, -0.2) is 23.4 Å². The molecule has 0 rings (SSSR count). The highest BCUT2D eigenvalue weighted by Crippen LogP contribution is 1.96. The molecule has 2 heteroatoms. The number of aliphatic hydroxyl groups is 2. The minimum atomic E-state index is -0.140. The van der Waals surface area contributed by atoms with Crippen LogP contribution in [0.3, 0.4) is 0 Å².